The molecular weight excluding hydrogens is 857 g/mol. The number of rotatable bonds is 27. The maximum Gasteiger partial charge on any atom is 0.415 e. The van der Waals surface area contributed by atoms with E-state index in [1.807, 2.05) is 26.8 Å². The van der Waals surface area contributed by atoms with Crippen LogP contribution in [0.5, 0.6) is 17.2 Å². The Kier molecular flexibility index (Phi) is 20.5. The summed E-state index contributed by atoms with van der Waals surface area (Å²) < 4.78 is 25.9. The molecule has 1 saturated carbocycles. The van der Waals surface area contributed by atoms with E-state index < -0.39 is 40.5 Å². The topological polar surface area (TPSA) is 192 Å². The van der Waals surface area contributed by atoms with E-state index in [1.54, 1.807) is 25.3 Å². The Morgan fingerprint density at radius 3 is 2.19 bits per heavy atom. The second-order valence-corrected chi connectivity index (χ2v) is 19.2. The zero-order valence-corrected chi connectivity index (χ0v) is 40.5. The molecular formula is C52H76N4O11. The summed E-state index contributed by atoms with van der Waals surface area (Å²) in [6, 6.07) is 9.78. The van der Waals surface area contributed by atoms with Crippen LogP contribution in [0.1, 0.15) is 148 Å². The van der Waals surface area contributed by atoms with E-state index in [9.17, 15) is 29.9 Å². The summed E-state index contributed by atoms with van der Waals surface area (Å²) in [4.78, 5) is 46.0. The fraction of sp³-hybridized carbons (Fsp3) is 0.635. The van der Waals surface area contributed by atoms with Gasteiger partial charge in [0, 0.05) is 56.8 Å². The van der Waals surface area contributed by atoms with Crippen LogP contribution < -0.4 is 19.5 Å². The number of carbonyl (C=O) groups excluding carboxylic acids is 2. The SMILES string of the molecule is C=CCO[C@@]12Oc3ccc(OC(=O)NCCCCCCCCCCCC)cc3[C@H]3[C@H](CCCCO)[C@@H](CCCCO)C=C(C(=NOC(C)(C)C)C[C@@H]1N(C)C(=O)Oc1ccc([N+](=O)[O-])cc1)[C@H]32. The second-order valence-electron chi connectivity index (χ2n) is 19.2. The number of carbonyl (C=O) groups is 2. The molecule has 15 heteroatoms. The largest absolute Gasteiger partial charge is 0.459 e. The summed E-state index contributed by atoms with van der Waals surface area (Å²) >= 11 is 0. The molecule has 3 aliphatic rings. The second kappa shape index (κ2) is 26.0. The molecule has 2 amide bonds. The van der Waals surface area contributed by atoms with Gasteiger partial charge in [-0.15, -0.1) is 6.58 Å². The highest BCUT2D eigenvalue weighted by atomic mass is 16.7. The molecule has 1 fully saturated rings. The number of unbranched alkanes of at least 4 members (excludes halogenated alkanes) is 11. The maximum absolute atomic E-state index is 14.3. The van der Waals surface area contributed by atoms with E-state index in [4.69, 9.17) is 28.9 Å². The van der Waals surface area contributed by atoms with Crippen molar-refractivity contribution < 1.29 is 48.5 Å². The highest BCUT2D eigenvalue weighted by Crippen LogP contribution is 2.62. The van der Waals surface area contributed by atoms with Gasteiger partial charge in [-0.05, 0) is 101 Å². The number of oxime groups is 1. The highest BCUT2D eigenvalue weighted by Gasteiger charge is 2.65. The van der Waals surface area contributed by atoms with Crippen LogP contribution >= 0.6 is 0 Å². The van der Waals surface area contributed by atoms with Crippen molar-refractivity contribution in [1.82, 2.24) is 10.2 Å². The average Bonchev–Trinajstić information content (AvgIpc) is 3.30. The summed E-state index contributed by atoms with van der Waals surface area (Å²) in [5, 5.41) is 38.9. The summed E-state index contributed by atoms with van der Waals surface area (Å²) in [5.41, 5.74) is 1.47. The van der Waals surface area contributed by atoms with Crippen LogP contribution in [-0.2, 0) is 9.57 Å². The van der Waals surface area contributed by atoms with Crippen LogP contribution in [0.3, 0.4) is 0 Å². The van der Waals surface area contributed by atoms with Crippen molar-refractivity contribution >= 4 is 23.6 Å². The molecule has 0 aromatic heterocycles. The lowest BCUT2D eigenvalue weighted by Gasteiger charge is -2.59. The molecule has 0 bridgehead atoms. The number of likely N-dealkylation sites (N-methyl/N-ethyl adjacent to an activating group) is 1. The van der Waals surface area contributed by atoms with E-state index in [0.29, 0.717) is 36.6 Å². The highest BCUT2D eigenvalue weighted by molar-refractivity contribution is 6.03. The first-order valence-electron chi connectivity index (χ1n) is 24.7. The number of non-ortho nitro benzene ring substituents is 1. The standard InChI is InChI=1S/C52H76N4O11/c1-7-9-10-11-12-13-14-15-16-19-30-53-49(59)64-40-28-29-45-43(35-40)47-41(23-18-21-32-58)37(22-17-20-31-57)34-42-44(54-67-51(3,4)5)36-46(52(66-45,48(42)47)63-33-8-2)55(6)50(60)65-39-26-24-38(25-27-39)56(61)62/h8,24-29,34-35,37,41,46-48,57-58H,2,7,9-23,30-33,36H2,1,3-6H3,(H,53,59)/t37-,41+,46-,47+,48+,52+/m0/s1. The van der Waals surface area contributed by atoms with E-state index in [2.05, 4.69) is 24.9 Å². The number of amides is 2. The Balaban J connectivity index is 1.54. The Morgan fingerprint density at radius 2 is 1.57 bits per heavy atom. The third-order valence-electron chi connectivity index (χ3n) is 13.1. The van der Waals surface area contributed by atoms with E-state index >= 15 is 0 Å². The number of benzene rings is 2. The number of fused-ring (bicyclic) bond motifs is 2. The fourth-order valence-electron chi connectivity index (χ4n) is 9.87. The summed E-state index contributed by atoms with van der Waals surface area (Å²) in [6.45, 7) is 12.6. The van der Waals surface area contributed by atoms with Crippen LogP contribution in [0.25, 0.3) is 0 Å². The normalized spacial score (nSPS) is 22.4. The first-order valence-corrected chi connectivity index (χ1v) is 24.7. The molecule has 2 aromatic carbocycles. The van der Waals surface area contributed by atoms with Gasteiger partial charge in [-0.25, -0.2) is 9.59 Å². The third-order valence-corrected chi connectivity index (χ3v) is 13.1. The monoisotopic (exact) mass is 933 g/mol. The molecule has 5 rings (SSSR count). The molecule has 2 aromatic rings. The smallest absolute Gasteiger partial charge is 0.415 e. The minimum absolute atomic E-state index is 0.000280. The number of nitrogens with zero attached hydrogens (tertiary/aromatic N) is 3. The summed E-state index contributed by atoms with van der Waals surface area (Å²) in [7, 11) is 1.60. The minimum Gasteiger partial charge on any atom is -0.459 e. The van der Waals surface area contributed by atoms with Crippen molar-refractivity contribution in [3.63, 3.8) is 0 Å². The first kappa shape index (κ1) is 53.0. The zero-order chi connectivity index (χ0) is 48.4. The summed E-state index contributed by atoms with van der Waals surface area (Å²) in [5.74, 6) is -1.55. The molecule has 15 nitrogen and oxygen atoms in total. The number of nitro benzene ring substituents is 1. The Labute approximate surface area is 397 Å². The van der Waals surface area contributed by atoms with Crippen molar-refractivity contribution in [1.29, 1.82) is 0 Å². The number of hydrogen-bond acceptors (Lipinski definition) is 12. The molecule has 0 radical (unpaired) electrons. The first-order chi connectivity index (χ1) is 32.3. The van der Waals surface area contributed by atoms with Gasteiger partial charge in [0.05, 0.1) is 23.2 Å². The molecule has 0 saturated heterocycles. The molecule has 2 aliphatic carbocycles. The Bertz CT molecular complexity index is 1980. The van der Waals surface area contributed by atoms with Crippen LogP contribution in [0.15, 0.2) is 71.9 Å². The molecule has 6 atom stereocenters. The number of nitro groups is 1. The van der Waals surface area contributed by atoms with Gasteiger partial charge in [-0.2, -0.15) is 0 Å². The van der Waals surface area contributed by atoms with Crippen LogP contribution in [-0.4, -0.2) is 88.8 Å². The lowest BCUT2D eigenvalue weighted by atomic mass is 9.55. The van der Waals surface area contributed by atoms with Gasteiger partial charge < -0.3 is 44.2 Å². The minimum atomic E-state index is -1.54. The van der Waals surface area contributed by atoms with Crippen molar-refractivity contribution in [2.45, 2.75) is 160 Å². The maximum atomic E-state index is 14.3. The van der Waals surface area contributed by atoms with Crippen LogP contribution in [0, 0.1) is 27.9 Å². The molecule has 67 heavy (non-hydrogen) atoms. The average molecular weight is 933 g/mol. The third kappa shape index (κ3) is 14.5. The Morgan fingerprint density at radius 1 is 0.925 bits per heavy atom. The number of aliphatic hydroxyl groups excluding tert-OH is 2. The van der Waals surface area contributed by atoms with Gasteiger partial charge in [-0.3, -0.25) is 10.1 Å². The molecule has 0 spiro atoms. The van der Waals surface area contributed by atoms with E-state index in [-0.39, 0.29) is 55.4 Å². The summed E-state index contributed by atoms with van der Waals surface area (Å²) in [6.07, 6.45) is 18.9. The van der Waals surface area contributed by atoms with Gasteiger partial charge in [0.25, 0.3) is 5.69 Å². The van der Waals surface area contributed by atoms with E-state index in [0.717, 1.165) is 56.1 Å². The number of nitrogens with one attached hydrogen (secondary N) is 1. The van der Waals surface area contributed by atoms with Gasteiger partial charge in [0.1, 0.15) is 28.9 Å². The predicted molar refractivity (Wildman–Crippen MR) is 259 cm³/mol. The molecule has 1 heterocycles. The predicted octanol–water partition coefficient (Wildman–Crippen LogP) is 11.2. The Hall–Kier alpha value is -4.99. The fourth-order valence-corrected chi connectivity index (χ4v) is 9.87. The molecule has 0 unspecified atom stereocenters. The van der Waals surface area contributed by atoms with Gasteiger partial charge >= 0.3 is 12.2 Å². The van der Waals surface area contributed by atoms with Crippen molar-refractivity contribution in [2.24, 2.45) is 22.9 Å². The van der Waals surface area contributed by atoms with Crippen LogP contribution in [0.4, 0.5) is 15.3 Å². The number of aliphatic hydroxyl groups is 2. The molecule has 370 valence electrons. The molecule has 3 N–H and O–H groups in total. The van der Waals surface area contributed by atoms with Crippen molar-refractivity contribution in [3.05, 3.63) is 82.4 Å². The number of allylic oxidation sites excluding steroid dienone is 1. The lowest BCUT2D eigenvalue weighted by Crippen LogP contribution is -2.69. The molecule has 1 aliphatic heterocycles. The number of ether oxygens (including phenoxy) is 4. The van der Waals surface area contributed by atoms with Gasteiger partial charge in [0.15, 0.2) is 0 Å². The van der Waals surface area contributed by atoms with Crippen molar-refractivity contribution in [3.8, 4) is 17.2 Å². The van der Waals surface area contributed by atoms with Gasteiger partial charge in [0.2, 0.25) is 5.79 Å². The van der Waals surface area contributed by atoms with Gasteiger partial charge in [-0.1, -0.05) is 94.9 Å². The van der Waals surface area contributed by atoms with E-state index in [1.165, 1.54) is 74.1 Å². The zero-order valence-electron chi connectivity index (χ0n) is 40.5. The van der Waals surface area contributed by atoms with Crippen LogP contribution in [0.2, 0.25) is 0 Å². The number of hydrogen-bond donors (Lipinski definition) is 3. The van der Waals surface area contributed by atoms with Crippen molar-refractivity contribution in [2.75, 3.05) is 33.4 Å². The lowest BCUT2D eigenvalue weighted by molar-refractivity contribution is -0.384. The quantitative estimate of drug-likeness (QED) is 0.0334.